The lowest BCUT2D eigenvalue weighted by Crippen LogP contribution is -2.65. The van der Waals surface area contributed by atoms with Gasteiger partial charge in [-0.25, -0.2) is 4.39 Å². The summed E-state index contributed by atoms with van der Waals surface area (Å²) in [5, 5.41) is 0. The van der Waals surface area contributed by atoms with Gasteiger partial charge in [-0.05, 0) is 75.6 Å². The van der Waals surface area contributed by atoms with Gasteiger partial charge in [0, 0.05) is 38.1 Å². The van der Waals surface area contributed by atoms with Crippen molar-refractivity contribution in [3.8, 4) is 0 Å². The highest BCUT2D eigenvalue weighted by Gasteiger charge is 2.49. The first-order chi connectivity index (χ1) is 16.1. The lowest BCUT2D eigenvalue weighted by atomic mass is 9.69. The number of piperidine rings is 3. The number of carbonyl (C=O) groups is 2. The minimum Gasteiger partial charge on any atom is -0.378 e. The van der Waals surface area contributed by atoms with E-state index >= 15 is 0 Å². The first kappa shape index (κ1) is 22.8. The van der Waals surface area contributed by atoms with Crippen LogP contribution in [-0.2, 0) is 9.53 Å². The van der Waals surface area contributed by atoms with Gasteiger partial charge in [0.1, 0.15) is 5.82 Å². The minimum atomic E-state index is -0.445. The Labute approximate surface area is 196 Å². The van der Waals surface area contributed by atoms with Gasteiger partial charge < -0.3 is 14.5 Å². The third-order valence-electron chi connectivity index (χ3n) is 8.29. The van der Waals surface area contributed by atoms with E-state index in [0.717, 1.165) is 45.2 Å². The van der Waals surface area contributed by atoms with Crippen LogP contribution in [0.15, 0.2) is 24.3 Å². The summed E-state index contributed by atoms with van der Waals surface area (Å²) in [6.45, 7) is 5.57. The van der Waals surface area contributed by atoms with E-state index in [-0.39, 0.29) is 23.4 Å². The Bertz CT molecular complexity index is 857. The van der Waals surface area contributed by atoms with Crippen LogP contribution in [0.5, 0.6) is 0 Å². The van der Waals surface area contributed by atoms with Gasteiger partial charge in [-0.1, -0.05) is 12.1 Å². The largest absolute Gasteiger partial charge is 0.378 e. The molecule has 1 aromatic rings. The van der Waals surface area contributed by atoms with E-state index < -0.39 is 5.82 Å². The molecule has 0 saturated carbocycles. The summed E-state index contributed by atoms with van der Waals surface area (Å²) in [5.74, 6) is 0.429. The molecule has 0 spiro atoms. The molecule has 4 heterocycles. The van der Waals surface area contributed by atoms with E-state index in [2.05, 4.69) is 4.90 Å². The fourth-order valence-corrected chi connectivity index (χ4v) is 6.82. The van der Waals surface area contributed by atoms with Gasteiger partial charge in [-0.15, -0.1) is 0 Å². The number of ether oxygens (including phenoxy) is 1. The maximum absolute atomic E-state index is 14.6. The van der Waals surface area contributed by atoms with Crippen molar-refractivity contribution >= 4 is 11.8 Å². The van der Waals surface area contributed by atoms with E-state index in [1.54, 1.807) is 18.2 Å². The van der Waals surface area contributed by atoms with Crippen LogP contribution >= 0.6 is 0 Å². The summed E-state index contributed by atoms with van der Waals surface area (Å²) in [5.41, 5.74) is 0.175. The minimum absolute atomic E-state index is 0.0664. The van der Waals surface area contributed by atoms with Crippen molar-refractivity contribution in [2.24, 2.45) is 11.8 Å². The van der Waals surface area contributed by atoms with Crippen LogP contribution in [0.2, 0.25) is 0 Å². The smallest absolute Gasteiger partial charge is 0.257 e. The second-order valence-electron chi connectivity index (χ2n) is 10.1. The van der Waals surface area contributed by atoms with E-state index in [4.69, 9.17) is 4.74 Å². The molecule has 2 amide bonds. The number of amides is 2. The highest BCUT2D eigenvalue weighted by molar-refractivity contribution is 5.94. The molecule has 0 bridgehead atoms. The fraction of sp³-hybridized carbons (Fsp3) is 0.692. The molecule has 7 heteroatoms. The average Bonchev–Trinajstić information content (AvgIpc) is 2.85. The third kappa shape index (κ3) is 4.67. The van der Waals surface area contributed by atoms with Gasteiger partial charge in [0.2, 0.25) is 5.91 Å². The van der Waals surface area contributed by atoms with Gasteiger partial charge in [0.05, 0.1) is 18.8 Å². The van der Waals surface area contributed by atoms with Crippen molar-refractivity contribution < 1.29 is 18.7 Å². The molecule has 0 N–H and O–H groups in total. The molecule has 0 radical (unpaired) electrons. The SMILES string of the molecule is O=C(CCC[C@@H]1[C@H]2CCCN3CCC[C@@H](CN1C(=O)c1ccccc1F)[C@@H]23)N1CCOCC1. The summed E-state index contributed by atoms with van der Waals surface area (Å²) in [6.07, 6.45) is 6.64. The zero-order chi connectivity index (χ0) is 22.8. The second-order valence-corrected chi connectivity index (χ2v) is 10.1. The van der Waals surface area contributed by atoms with Crippen LogP contribution < -0.4 is 0 Å². The number of benzene rings is 1. The zero-order valence-electron chi connectivity index (χ0n) is 19.5. The second kappa shape index (κ2) is 10.1. The normalized spacial score (nSPS) is 30.1. The lowest BCUT2D eigenvalue weighted by Gasteiger charge is -2.57. The van der Waals surface area contributed by atoms with Crippen molar-refractivity contribution in [2.75, 3.05) is 45.9 Å². The molecule has 4 fully saturated rings. The number of hydrogen-bond donors (Lipinski definition) is 0. The van der Waals surface area contributed by atoms with E-state index in [1.807, 2.05) is 9.80 Å². The number of carbonyl (C=O) groups excluding carboxylic acids is 2. The van der Waals surface area contributed by atoms with Crippen molar-refractivity contribution in [1.82, 2.24) is 14.7 Å². The Morgan fingerprint density at radius 1 is 1.03 bits per heavy atom. The Morgan fingerprint density at radius 2 is 1.79 bits per heavy atom. The van der Waals surface area contributed by atoms with Crippen LogP contribution in [0, 0.1) is 17.7 Å². The van der Waals surface area contributed by atoms with Gasteiger partial charge in [-0.3, -0.25) is 14.5 Å². The van der Waals surface area contributed by atoms with E-state index in [9.17, 15) is 14.0 Å². The number of hydrogen-bond acceptors (Lipinski definition) is 4. The Morgan fingerprint density at radius 3 is 2.58 bits per heavy atom. The van der Waals surface area contributed by atoms with E-state index in [0.29, 0.717) is 57.1 Å². The van der Waals surface area contributed by atoms with Gasteiger partial charge in [0.25, 0.3) is 5.91 Å². The standard InChI is InChI=1S/C26H36FN3O3/c27-22-9-2-1-7-20(22)26(32)30-18-19-6-4-12-29-13-5-8-21(25(19)29)23(30)10-3-11-24(31)28-14-16-33-17-15-28/h1-2,7,9,19,21,23,25H,3-6,8,10-18H2/t19-,21+,23+,25-/m0/s1. The predicted molar refractivity (Wildman–Crippen MR) is 123 cm³/mol. The van der Waals surface area contributed by atoms with Crippen molar-refractivity contribution in [2.45, 2.75) is 57.0 Å². The zero-order valence-corrected chi connectivity index (χ0v) is 19.5. The highest BCUT2D eigenvalue weighted by Crippen LogP contribution is 2.43. The average molecular weight is 458 g/mol. The number of nitrogens with zero attached hydrogens (tertiary/aromatic N) is 3. The third-order valence-corrected chi connectivity index (χ3v) is 8.29. The first-order valence-corrected chi connectivity index (χ1v) is 12.8. The molecule has 4 saturated heterocycles. The van der Waals surface area contributed by atoms with Crippen LogP contribution in [0.3, 0.4) is 0 Å². The number of morpholine rings is 1. The summed E-state index contributed by atoms with van der Waals surface area (Å²) in [6, 6.07) is 6.94. The molecule has 0 unspecified atom stereocenters. The molecule has 5 rings (SSSR count). The molecule has 4 aliphatic heterocycles. The summed E-state index contributed by atoms with van der Waals surface area (Å²) in [7, 11) is 0. The monoisotopic (exact) mass is 457 g/mol. The number of rotatable bonds is 5. The quantitative estimate of drug-likeness (QED) is 0.682. The molecule has 0 aromatic heterocycles. The Kier molecular flexibility index (Phi) is 6.97. The van der Waals surface area contributed by atoms with Crippen LogP contribution in [-0.4, -0.2) is 84.5 Å². The van der Waals surface area contributed by atoms with Crippen molar-refractivity contribution in [3.63, 3.8) is 0 Å². The number of halogens is 1. The maximum atomic E-state index is 14.6. The number of likely N-dealkylation sites (tertiary alicyclic amines) is 1. The lowest BCUT2D eigenvalue weighted by molar-refractivity contribution is -0.135. The maximum Gasteiger partial charge on any atom is 0.257 e. The molecule has 4 atom stereocenters. The summed E-state index contributed by atoms with van der Waals surface area (Å²) in [4.78, 5) is 32.8. The molecule has 33 heavy (non-hydrogen) atoms. The molecular weight excluding hydrogens is 421 g/mol. The van der Waals surface area contributed by atoms with Crippen molar-refractivity contribution in [1.29, 1.82) is 0 Å². The highest BCUT2D eigenvalue weighted by atomic mass is 19.1. The fourth-order valence-electron chi connectivity index (χ4n) is 6.82. The first-order valence-electron chi connectivity index (χ1n) is 12.8. The summed E-state index contributed by atoms with van der Waals surface area (Å²) < 4.78 is 19.9. The Balaban J connectivity index is 1.34. The van der Waals surface area contributed by atoms with Crippen molar-refractivity contribution in [3.05, 3.63) is 35.6 Å². The molecule has 0 aliphatic carbocycles. The molecular formula is C26H36FN3O3. The molecule has 6 nitrogen and oxygen atoms in total. The topological polar surface area (TPSA) is 53.1 Å². The summed E-state index contributed by atoms with van der Waals surface area (Å²) >= 11 is 0. The van der Waals surface area contributed by atoms with Crippen LogP contribution in [0.4, 0.5) is 4.39 Å². The van der Waals surface area contributed by atoms with Gasteiger partial charge >= 0.3 is 0 Å². The molecule has 1 aromatic carbocycles. The Hall–Kier alpha value is -1.99. The van der Waals surface area contributed by atoms with Gasteiger partial charge in [-0.2, -0.15) is 0 Å². The molecule has 4 aliphatic rings. The van der Waals surface area contributed by atoms with Crippen LogP contribution in [0.1, 0.15) is 55.3 Å². The van der Waals surface area contributed by atoms with Gasteiger partial charge in [0.15, 0.2) is 0 Å². The van der Waals surface area contributed by atoms with Crippen LogP contribution in [0.25, 0.3) is 0 Å². The molecule has 180 valence electrons. The predicted octanol–water partition coefficient (Wildman–Crippen LogP) is 3.17. The van der Waals surface area contributed by atoms with E-state index in [1.165, 1.54) is 12.5 Å².